The number of aryl methyl sites for hydroxylation is 2. The van der Waals surface area contributed by atoms with Crippen molar-refractivity contribution in [1.29, 1.82) is 0 Å². The lowest BCUT2D eigenvalue weighted by atomic mass is 9.88. The summed E-state index contributed by atoms with van der Waals surface area (Å²) in [5, 5.41) is 13.7. The molecule has 3 aromatic carbocycles. The molecule has 4 aromatic rings. The first kappa shape index (κ1) is 33.3. The number of allylic oxidation sites excluding steroid dienone is 1. The number of benzene rings is 3. The molecule has 1 unspecified atom stereocenters. The van der Waals surface area contributed by atoms with Gasteiger partial charge in [0.05, 0.1) is 17.2 Å². The molecule has 2 heterocycles. The lowest BCUT2D eigenvalue weighted by Gasteiger charge is -2.22. The largest absolute Gasteiger partial charge is 0.677 e. The molecule has 0 saturated carbocycles. The molecule has 1 aliphatic heterocycles. The lowest BCUT2D eigenvalue weighted by Crippen LogP contribution is -2.26. The van der Waals surface area contributed by atoms with Crippen molar-refractivity contribution in [2.24, 2.45) is 0 Å². The second kappa shape index (κ2) is 13.7. The number of hydrogen-bond donors (Lipinski definition) is 2. The molecule has 0 saturated heterocycles. The Kier molecular flexibility index (Phi) is 9.70. The van der Waals surface area contributed by atoms with Crippen molar-refractivity contribution in [3.63, 3.8) is 0 Å². The van der Waals surface area contributed by atoms with E-state index < -0.39 is 25.4 Å². The van der Waals surface area contributed by atoms with Gasteiger partial charge in [0.2, 0.25) is 0 Å². The van der Waals surface area contributed by atoms with Gasteiger partial charge in [0.15, 0.2) is 0 Å². The minimum Gasteiger partial charge on any atom is -0.508 e. The van der Waals surface area contributed by atoms with Crippen molar-refractivity contribution >= 4 is 24.9 Å². The quantitative estimate of drug-likeness (QED) is 0.147. The monoisotopic (exact) mass is 638 g/mol. The molecule has 0 bridgehead atoms. The van der Waals surface area contributed by atoms with E-state index in [1.165, 1.54) is 6.92 Å². The van der Waals surface area contributed by atoms with Gasteiger partial charge < -0.3 is 24.4 Å². The Balaban J connectivity index is 1.70. The summed E-state index contributed by atoms with van der Waals surface area (Å²) in [6.07, 6.45) is 0. The van der Waals surface area contributed by atoms with Crippen LogP contribution in [0.25, 0.3) is 5.57 Å². The number of carbonyl (C=O) groups is 2. The Morgan fingerprint density at radius 3 is 1.85 bits per heavy atom. The molecule has 0 amide bonds. The first-order valence-corrected chi connectivity index (χ1v) is 15.3. The number of halogens is 2. The number of aromatic nitrogens is 1. The maximum atomic E-state index is 15.1. The van der Waals surface area contributed by atoms with Crippen LogP contribution in [-0.2, 0) is 27.5 Å². The molecule has 1 atom stereocenters. The number of phenolic OH excluding ortho intramolecular Hbond substituents is 1. The summed E-state index contributed by atoms with van der Waals surface area (Å²) in [4.78, 5) is 27.0. The summed E-state index contributed by atoms with van der Waals surface area (Å²) in [5.74, 6) is -1.22. The van der Waals surface area contributed by atoms with Crippen molar-refractivity contribution in [1.82, 2.24) is 9.79 Å². The van der Waals surface area contributed by atoms with Crippen LogP contribution in [0.5, 0.6) is 5.75 Å². The highest BCUT2D eigenvalue weighted by Gasteiger charge is 2.38. The van der Waals surface area contributed by atoms with Crippen LogP contribution in [0, 0.1) is 27.7 Å². The molecule has 1 aromatic heterocycles. The fourth-order valence-electron chi connectivity index (χ4n) is 6.45. The Morgan fingerprint density at radius 1 is 0.830 bits per heavy atom. The molecule has 242 valence electrons. The molecular formula is C37H37BF2N2O5. The van der Waals surface area contributed by atoms with Crippen molar-refractivity contribution in [3.05, 3.63) is 140 Å². The molecule has 0 spiro atoms. The van der Waals surface area contributed by atoms with Gasteiger partial charge in [-0.25, -0.2) is 9.59 Å². The topological polar surface area (TPSA) is 89.8 Å². The second-order valence-electron chi connectivity index (χ2n) is 11.8. The number of esters is 2. The minimum atomic E-state index is -3.01. The SMILES string of the molecule is CC1=C(C(=O)OCc2ccccc2)C(C)N/C1=C(/c1c(C)cc(O)cc1C)c1c(C)c(C(=O)OCc2ccccc2)c(C)n1B(F)F. The summed E-state index contributed by atoms with van der Waals surface area (Å²) < 4.78 is 42.3. The van der Waals surface area contributed by atoms with E-state index in [0.29, 0.717) is 44.7 Å². The maximum absolute atomic E-state index is 15.1. The maximum Gasteiger partial charge on any atom is 0.677 e. The summed E-state index contributed by atoms with van der Waals surface area (Å²) in [6, 6.07) is 21.0. The normalized spacial score (nSPS) is 15.4. The molecular weight excluding hydrogens is 601 g/mol. The van der Waals surface area contributed by atoms with E-state index in [-0.39, 0.29) is 35.9 Å². The average Bonchev–Trinajstić information content (AvgIpc) is 3.47. The summed E-state index contributed by atoms with van der Waals surface area (Å²) >= 11 is 0. The molecule has 2 N–H and O–H groups in total. The molecule has 1 aliphatic rings. The van der Waals surface area contributed by atoms with Crippen LogP contribution in [0.15, 0.2) is 89.6 Å². The van der Waals surface area contributed by atoms with Crippen LogP contribution in [0.3, 0.4) is 0 Å². The smallest absolute Gasteiger partial charge is 0.508 e. The zero-order valence-electron chi connectivity index (χ0n) is 27.3. The van der Waals surface area contributed by atoms with Crippen LogP contribution >= 0.6 is 0 Å². The zero-order valence-corrected chi connectivity index (χ0v) is 27.3. The summed E-state index contributed by atoms with van der Waals surface area (Å²) in [7, 11) is -3.01. The number of carbonyl (C=O) groups excluding carboxylic acids is 2. The average molecular weight is 639 g/mol. The van der Waals surface area contributed by atoms with Gasteiger partial charge in [0.25, 0.3) is 0 Å². The van der Waals surface area contributed by atoms with Crippen LogP contribution < -0.4 is 5.32 Å². The number of nitrogens with one attached hydrogen (secondary N) is 1. The van der Waals surface area contributed by atoms with Crippen LogP contribution in [-0.4, -0.2) is 35.0 Å². The van der Waals surface area contributed by atoms with Gasteiger partial charge in [-0.2, -0.15) is 0 Å². The Morgan fingerprint density at radius 2 is 1.34 bits per heavy atom. The fourth-order valence-corrected chi connectivity index (χ4v) is 6.45. The number of aromatic hydroxyl groups is 1. The number of rotatable bonds is 9. The molecule has 0 fully saturated rings. The van der Waals surface area contributed by atoms with Crippen LogP contribution in [0.4, 0.5) is 8.63 Å². The molecule has 10 heteroatoms. The van der Waals surface area contributed by atoms with Crippen LogP contribution in [0.2, 0.25) is 0 Å². The highest BCUT2D eigenvalue weighted by molar-refractivity contribution is 6.42. The van der Waals surface area contributed by atoms with Gasteiger partial charge in [-0.15, -0.1) is 0 Å². The second-order valence-corrected chi connectivity index (χ2v) is 11.8. The van der Waals surface area contributed by atoms with E-state index in [9.17, 15) is 14.7 Å². The number of phenols is 1. The number of hydrogen-bond acceptors (Lipinski definition) is 6. The van der Waals surface area contributed by atoms with Crippen LogP contribution in [0.1, 0.15) is 69.0 Å². The Hall–Kier alpha value is -5.12. The molecule has 0 radical (unpaired) electrons. The highest BCUT2D eigenvalue weighted by atomic mass is 19.2. The van der Waals surface area contributed by atoms with Crippen molar-refractivity contribution in [2.45, 2.75) is 60.8 Å². The van der Waals surface area contributed by atoms with Gasteiger partial charge >= 0.3 is 19.3 Å². The Bertz CT molecular complexity index is 1880. The van der Waals surface area contributed by atoms with Gasteiger partial charge in [-0.05, 0) is 92.6 Å². The van der Waals surface area contributed by atoms with Gasteiger partial charge in [0.1, 0.15) is 19.0 Å². The van der Waals surface area contributed by atoms with Crippen molar-refractivity contribution in [3.8, 4) is 5.75 Å². The molecule has 5 rings (SSSR count). The summed E-state index contributed by atoms with van der Waals surface area (Å²) in [5.41, 5.74) is 5.65. The van der Waals surface area contributed by atoms with E-state index in [1.54, 1.807) is 46.8 Å². The van der Waals surface area contributed by atoms with Gasteiger partial charge in [0, 0.05) is 22.7 Å². The standard InChI is InChI=1S/C37H37BF2N2O5/c1-21-17-29(43)18-22(2)30(21)33(34-23(3)31(25(5)41-34)36(44)46-19-27-13-9-7-10-14-27)35-24(4)32(26(6)42(35)38(39)40)37(45)47-20-28-15-11-8-12-16-28/h7-18,25,41,43H,19-20H2,1-6H3/b34-33-. The van der Waals surface area contributed by atoms with E-state index in [0.717, 1.165) is 15.6 Å². The zero-order chi connectivity index (χ0) is 34.0. The first-order valence-electron chi connectivity index (χ1n) is 15.3. The van der Waals surface area contributed by atoms with E-state index in [1.807, 2.05) is 60.7 Å². The predicted octanol–water partition coefficient (Wildman–Crippen LogP) is 7.37. The van der Waals surface area contributed by atoms with Gasteiger partial charge in [-0.1, -0.05) is 60.7 Å². The Labute approximate surface area is 273 Å². The molecule has 47 heavy (non-hydrogen) atoms. The van der Waals surface area contributed by atoms with Gasteiger partial charge in [-0.3, -0.25) is 8.63 Å². The lowest BCUT2D eigenvalue weighted by molar-refractivity contribution is -0.140. The van der Waals surface area contributed by atoms with Crippen molar-refractivity contribution in [2.75, 3.05) is 0 Å². The third-order valence-corrected chi connectivity index (χ3v) is 8.57. The minimum absolute atomic E-state index is 0.0206. The number of nitrogens with zero attached hydrogens (tertiary/aromatic N) is 1. The third-order valence-electron chi connectivity index (χ3n) is 8.57. The highest BCUT2D eigenvalue weighted by Crippen LogP contribution is 2.42. The van der Waals surface area contributed by atoms with Crippen molar-refractivity contribution < 1.29 is 32.8 Å². The van der Waals surface area contributed by atoms with E-state index >= 15 is 8.63 Å². The first-order chi connectivity index (χ1) is 22.4. The van der Waals surface area contributed by atoms with E-state index in [4.69, 9.17) is 9.47 Å². The summed E-state index contributed by atoms with van der Waals surface area (Å²) in [6.45, 7) is 10.3. The fraction of sp³-hybridized carbons (Fsp3) is 0.243. The molecule has 0 aliphatic carbocycles. The number of ether oxygens (including phenoxy) is 2. The third kappa shape index (κ3) is 6.59. The predicted molar refractivity (Wildman–Crippen MR) is 178 cm³/mol. The van der Waals surface area contributed by atoms with E-state index in [2.05, 4.69) is 5.32 Å². The molecule has 7 nitrogen and oxygen atoms in total.